The van der Waals surface area contributed by atoms with E-state index < -0.39 is 0 Å². The molecule has 0 aliphatic rings. The molecule has 19 heavy (non-hydrogen) atoms. The number of hydrogen-bond acceptors (Lipinski definition) is 1. The predicted octanol–water partition coefficient (Wildman–Crippen LogP) is 4.51. The second-order valence-corrected chi connectivity index (χ2v) is 6.07. The van der Waals surface area contributed by atoms with Gasteiger partial charge in [0.1, 0.15) is 0 Å². The van der Waals surface area contributed by atoms with E-state index in [1.165, 1.54) is 16.3 Å². The first-order valence-corrected chi connectivity index (χ1v) is 7.26. The summed E-state index contributed by atoms with van der Waals surface area (Å²) in [6.45, 7) is 10.2. The Kier molecular flexibility index (Phi) is 4.26. The summed E-state index contributed by atoms with van der Waals surface area (Å²) >= 11 is 0. The Morgan fingerprint density at radius 3 is 2.47 bits per heavy atom. The van der Waals surface area contributed by atoms with Gasteiger partial charge in [0.2, 0.25) is 0 Å². The van der Waals surface area contributed by atoms with Crippen molar-refractivity contribution in [2.24, 2.45) is 0 Å². The zero-order valence-electron chi connectivity index (χ0n) is 12.5. The molecule has 0 saturated heterocycles. The van der Waals surface area contributed by atoms with Crippen LogP contribution in [0.2, 0.25) is 0 Å². The minimum Gasteiger partial charge on any atom is -0.315 e. The summed E-state index contributed by atoms with van der Waals surface area (Å²) in [6, 6.07) is 15.9. The van der Waals surface area contributed by atoms with Crippen LogP contribution in [0.5, 0.6) is 0 Å². The molecule has 1 atom stereocenters. The van der Waals surface area contributed by atoms with Crippen LogP contribution in [0.15, 0.2) is 42.5 Å². The van der Waals surface area contributed by atoms with Gasteiger partial charge < -0.3 is 5.32 Å². The van der Waals surface area contributed by atoms with Crippen LogP contribution in [0.25, 0.3) is 10.8 Å². The molecule has 0 fully saturated rings. The van der Waals surface area contributed by atoms with Gasteiger partial charge in [0.15, 0.2) is 0 Å². The summed E-state index contributed by atoms with van der Waals surface area (Å²) in [6.07, 6.45) is 1.15. The normalized spacial score (nSPS) is 13.7. The van der Waals surface area contributed by atoms with Gasteiger partial charge in [-0.25, -0.2) is 0 Å². The Labute approximate surface area is 117 Å². The van der Waals surface area contributed by atoms with Crippen molar-refractivity contribution in [2.75, 3.05) is 6.54 Å². The monoisotopic (exact) mass is 255 g/mol. The maximum atomic E-state index is 3.52. The molecule has 0 bridgehead atoms. The number of benzene rings is 2. The Hall–Kier alpha value is -1.34. The molecule has 102 valence electrons. The van der Waals surface area contributed by atoms with Gasteiger partial charge in [0.05, 0.1) is 0 Å². The zero-order chi connectivity index (χ0) is 13.9. The topological polar surface area (TPSA) is 12.0 Å². The second kappa shape index (κ2) is 5.75. The molecule has 1 unspecified atom stereocenters. The van der Waals surface area contributed by atoms with Crippen molar-refractivity contribution in [2.45, 2.75) is 45.6 Å². The summed E-state index contributed by atoms with van der Waals surface area (Å²) in [5.41, 5.74) is 1.64. The minimum absolute atomic E-state index is 0.183. The molecule has 0 amide bonds. The summed E-state index contributed by atoms with van der Waals surface area (Å²) in [7, 11) is 0. The third kappa shape index (κ3) is 3.16. The van der Waals surface area contributed by atoms with E-state index in [1.54, 1.807) is 0 Å². The minimum atomic E-state index is 0.183. The standard InChI is InChI=1S/C18H25N/c1-5-19-14(2)13-18(3,4)17-12-8-10-15-9-6-7-11-16(15)17/h6-12,14,19H,5,13H2,1-4H3. The molecule has 1 nitrogen and oxygen atoms in total. The number of nitrogens with one attached hydrogen (secondary N) is 1. The van der Waals surface area contributed by atoms with Crippen molar-refractivity contribution in [1.82, 2.24) is 5.32 Å². The van der Waals surface area contributed by atoms with Crippen LogP contribution in [0, 0.1) is 0 Å². The van der Waals surface area contributed by atoms with Crippen LogP contribution in [-0.4, -0.2) is 12.6 Å². The lowest BCUT2D eigenvalue weighted by Gasteiger charge is -2.30. The van der Waals surface area contributed by atoms with Crippen LogP contribution < -0.4 is 5.32 Å². The highest BCUT2D eigenvalue weighted by Gasteiger charge is 2.24. The average Bonchev–Trinajstić information content (AvgIpc) is 2.37. The summed E-state index contributed by atoms with van der Waals surface area (Å²) in [4.78, 5) is 0. The molecular weight excluding hydrogens is 230 g/mol. The van der Waals surface area contributed by atoms with Crippen molar-refractivity contribution in [1.29, 1.82) is 0 Å². The molecule has 0 heterocycles. The van der Waals surface area contributed by atoms with E-state index in [0.29, 0.717) is 6.04 Å². The van der Waals surface area contributed by atoms with Crippen molar-refractivity contribution < 1.29 is 0 Å². The van der Waals surface area contributed by atoms with E-state index in [9.17, 15) is 0 Å². The molecule has 2 aromatic carbocycles. The van der Waals surface area contributed by atoms with Gasteiger partial charge in [-0.15, -0.1) is 0 Å². The Morgan fingerprint density at radius 2 is 1.74 bits per heavy atom. The maximum absolute atomic E-state index is 3.52. The van der Waals surface area contributed by atoms with E-state index in [4.69, 9.17) is 0 Å². The summed E-state index contributed by atoms with van der Waals surface area (Å²) in [5.74, 6) is 0. The van der Waals surface area contributed by atoms with Gasteiger partial charge in [-0.1, -0.05) is 63.2 Å². The summed E-state index contributed by atoms with van der Waals surface area (Å²) < 4.78 is 0. The molecule has 0 aliphatic carbocycles. The molecule has 2 rings (SSSR count). The van der Waals surface area contributed by atoms with E-state index in [1.807, 2.05) is 0 Å². The SMILES string of the molecule is CCNC(C)CC(C)(C)c1cccc2ccccc12. The van der Waals surface area contributed by atoms with E-state index in [0.717, 1.165) is 13.0 Å². The van der Waals surface area contributed by atoms with Crippen LogP contribution in [-0.2, 0) is 5.41 Å². The first kappa shape index (κ1) is 14.1. The highest BCUT2D eigenvalue weighted by Crippen LogP contribution is 2.33. The van der Waals surface area contributed by atoms with Crippen LogP contribution in [0.3, 0.4) is 0 Å². The molecule has 0 aliphatic heterocycles. The van der Waals surface area contributed by atoms with Crippen molar-refractivity contribution in [3.8, 4) is 0 Å². The lowest BCUT2D eigenvalue weighted by Crippen LogP contribution is -2.33. The summed E-state index contributed by atoms with van der Waals surface area (Å²) in [5, 5.41) is 6.24. The Bertz CT molecular complexity index is 537. The van der Waals surface area contributed by atoms with Gasteiger partial charge in [-0.2, -0.15) is 0 Å². The third-order valence-corrected chi connectivity index (χ3v) is 3.89. The number of fused-ring (bicyclic) bond motifs is 1. The highest BCUT2D eigenvalue weighted by atomic mass is 14.9. The molecule has 1 heteroatoms. The van der Waals surface area contributed by atoms with Gasteiger partial charge in [0.25, 0.3) is 0 Å². The molecule has 1 N–H and O–H groups in total. The van der Waals surface area contributed by atoms with E-state index in [-0.39, 0.29) is 5.41 Å². The lowest BCUT2D eigenvalue weighted by molar-refractivity contribution is 0.396. The number of rotatable bonds is 5. The Balaban J connectivity index is 2.37. The highest BCUT2D eigenvalue weighted by molar-refractivity contribution is 5.86. The first-order valence-electron chi connectivity index (χ1n) is 7.26. The largest absolute Gasteiger partial charge is 0.315 e. The van der Waals surface area contributed by atoms with Gasteiger partial charge >= 0.3 is 0 Å². The van der Waals surface area contributed by atoms with Crippen LogP contribution in [0.1, 0.15) is 39.7 Å². The molecule has 2 aromatic rings. The van der Waals surface area contributed by atoms with Crippen LogP contribution in [0.4, 0.5) is 0 Å². The average molecular weight is 255 g/mol. The smallest absolute Gasteiger partial charge is 0.00468 e. The molecule has 0 radical (unpaired) electrons. The Morgan fingerprint density at radius 1 is 1.05 bits per heavy atom. The first-order chi connectivity index (χ1) is 9.04. The van der Waals surface area contributed by atoms with Gasteiger partial charge in [-0.3, -0.25) is 0 Å². The fourth-order valence-electron chi connectivity index (χ4n) is 3.11. The second-order valence-electron chi connectivity index (χ2n) is 6.07. The molecule has 0 saturated carbocycles. The zero-order valence-corrected chi connectivity index (χ0v) is 12.5. The lowest BCUT2D eigenvalue weighted by atomic mass is 9.77. The fraction of sp³-hybridized carbons (Fsp3) is 0.444. The quantitative estimate of drug-likeness (QED) is 0.829. The fourth-order valence-corrected chi connectivity index (χ4v) is 3.11. The maximum Gasteiger partial charge on any atom is 0.00468 e. The van der Waals surface area contributed by atoms with Crippen molar-refractivity contribution >= 4 is 10.8 Å². The molecule has 0 aromatic heterocycles. The third-order valence-electron chi connectivity index (χ3n) is 3.89. The van der Waals surface area contributed by atoms with Crippen molar-refractivity contribution in [3.05, 3.63) is 48.0 Å². The van der Waals surface area contributed by atoms with Gasteiger partial charge in [0, 0.05) is 6.04 Å². The molecular formula is C18H25N. The number of hydrogen-bond donors (Lipinski definition) is 1. The van der Waals surface area contributed by atoms with E-state index in [2.05, 4.69) is 75.5 Å². The van der Waals surface area contributed by atoms with Crippen LogP contribution >= 0.6 is 0 Å². The van der Waals surface area contributed by atoms with Crippen molar-refractivity contribution in [3.63, 3.8) is 0 Å². The predicted molar refractivity (Wildman–Crippen MR) is 84.7 cm³/mol. The van der Waals surface area contributed by atoms with Gasteiger partial charge in [-0.05, 0) is 41.6 Å². The van der Waals surface area contributed by atoms with E-state index >= 15 is 0 Å². The molecule has 0 spiro atoms.